The van der Waals surface area contributed by atoms with E-state index in [2.05, 4.69) is 64.3 Å². The Morgan fingerprint density at radius 1 is 0.810 bits per heavy atom. The summed E-state index contributed by atoms with van der Waals surface area (Å²) in [6.07, 6.45) is 6.69. The molecule has 0 spiro atoms. The molecule has 4 saturated carbocycles. The van der Waals surface area contributed by atoms with Crippen LogP contribution in [0.4, 0.5) is 10.5 Å². The van der Waals surface area contributed by atoms with Gasteiger partial charge in [0.25, 0.3) is 10.9 Å². The van der Waals surface area contributed by atoms with Crippen LogP contribution >= 0.6 is 11.6 Å². The Labute approximate surface area is 378 Å². The molecule has 11 nitrogen and oxygen atoms in total. The lowest BCUT2D eigenvalue weighted by Crippen LogP contribution is -2.68. The fourth-order valence-corrected chi connectivity index (χ4v) is 11.2. The topological polar surface area (TPSA) is 134 Å². The Morgan fingerprint density at radius 3 is 1.97 bits per heavy atom. The Balaban J connectivity index is 1.20. The standard InChI is InChI=1S/C51H65ClN4O7/c1-8-47(4,5)38-23-24-41(40(29-38)48(6,7)9-2)62-25-17-22-42(57)54-51(63-10-3)45(60)56(46(61)55(51)33-34-18-13-11-14-19-34)50(52,44(59)53-39-20-15-12-16-21-39)43(58)49-30-35-26-36(31-49)28-37(27-35)32-49/h11-16,18-21,23-24,29,35-37H,8-10,17,22,25-28,30-33H2,1-7H3,(H,53,59)(H,54,57). The number of rotatable bonds is 19. The molecular formula is C51H65ClN4O7. The number of carbonyl (C=O) groups is 5. The van der Waals surface area contributed by atoms with E-state index in [1.807, 2.05) is 12.1 Å². The van der Waals surface area contributed by atoms with Crippen molar-refractivity contribution in [1.82, 2.24) is 15.1 Å². The number of anilines is 1. The van der Waals surface area contributed by atoms with E-state index in [1.54, 1.807) is 61.5 Å². The Hall–Kier alpha value is -4.74. The molecule has 63 heavy (non-hydrogen) atoms. The Kier molecular flexibility index (Phi) is 13.2. The first-order valence-corrected chi connectivity index (χ1v) is 23.3. The summed E-state index contributed by atoms with van der Waals surface area (Å²) >= 11 is 7.52. The number of Topliss-reactive ketones (excluding diaryl/α,β-unsaturated/α-hetero) is 1. The largest absolute Gasteiger partial charge is 0.493 e. The number of amides is 5. The molecule has 338 valence electrons. The number of para-hydroxylation sites is 1. The zero-order valence-electron chi connectivity index (χ0n) is 38.1. The van der Waals surface area contributed by atoms with Crippen molar-refractivity contribution in [1.29, 1.82) is 0 Å². The number of hydrogen-bond donors (Lipinski definition) is 2. The van der Waals surface area contributed by atoms with E-state index in [-0.39, 0.29) is 43.4 Å². The summed E-state index contributed by atoms with van der Waals surface area (Å²) in [5.74, 6) is -4.21. The van der Waals surface area contributed by atoms with E-state index in [9.17, 15) is 9.59 Å². The molecule has 12 heteroatoms. The van der Waals surface area contributed by atoms with E-state index < -0.39 is 45.8 Å². The van der Waals surface area contributed by atoms with Crippen LogP contribution in [0.2, 0.25) is 0 Å². The number of alkyl halides is 1. The van der Waals surface area contributed by atoms with Gasteiger partial charge in [0.1, 0.15) is 5.75 Å². The third-order valence-corrected chi connectivity index (χ3v) is 15.2. The maximum absolute atomic E-state index is 15.5. The van der Waals surface area contributed by atoms with Gasteiger partial charge in [-0.25, -0.2) is 9.69 Å². The molecule has 1 aliphatic heterocycles. The van der Waals surface area contributed by atoms with Crippen LogP contribution in [0.15, 0.2) is 78.9 Å². The first-order valence-electron chi connectivity index (χ1n) is 23.0. The first-order chi connectivity index (χ1) is 29.9. The molecule has 0 radical (unpaired) electrons. The normalized spacial score (nSPS) is 25.2. The van der Waals surface area contributed by atoms with Crippen LogP contribution in [-0.4, -0.2) is 63.4 Å². The number of urea groups is 1. The predicted octanol–water partition coefficient (Wildman–Crippen LogP) is 9.85. The lowest BCUT2D eigenvalue weighted by molar-refractivity contribution is -0.181. The average molecular weight is 882 g/mol. The SMILES string of the molecule is CCOC1(NC(=O)CCCOc2ccc(C(C)(C)CC)cc2C(C)(C)CC)C(=O)N(C(Cl)(C(=O)Nc2ccccc2)C(=O)C23CC4CC(CC(C4)C2)C3)C(=O)N1Cc1ccccc1. The Bertz CT molecular complexity index is 2160. The zero-order valence-corrected chi connectivity index (χ0v) is 38.8. The van der Waals surface area contributed by atoms with Crippen molar-refractivity contribution < 1.29 is 33.4 Å². The van der Waals surface area contributed by atoms with Gasteiger partial charge in [-0.1, -0.05) is 114 Å². The summed E-state index contributed by atoms with van der Waals surface area (Å²) in [6.45, 7) is 14.7. The summed E-state index contributed by atoms with van der Waals surface area (Å²) < 4.78 is 12.6. The fourth-order valence-electron chi connectivity index (χ4n) is 10.8. The summed E-state index contributed by atoms with van der Waals surface area (Å²) in [5, 5.41) is 5.54. The fraction of sp³-hybridized carbons (Fsp3) is 0.549. The molecule has 5 aliphatic rings. The van der Waals surface area contributed by atoms with Gasteiger partial charge in [-0.15, -0.1) is 0 Å². The molecule has 4 bridgehead atoms. The number of hydrogen-bond acceptors (Lipinski definition) is 7. The molecular weight excluding hydrogens is 816 g/mol. The monoisotopic (exact) mass is 880 g/mol. The maximum atomic E-state index is 15.5. The molecule has 1 saturated heterocycles. The van der Waals surface area contributed by atoms with Gasteiger partial charge in [0.15, 0.2) is 5.78 Å². The summed E-state index contributed by atoms with van der Waals surface area (Å²) in [7, 11) is 0. The highest BCUT2D eigenvalue weighted by atomic mass is 35.5. The van der Waals surface area contributed by atoms with Crippen molar-refractivity contribution in [2.75, 3.05) is 18.5 Å². The van der Waals surface area contributed by atoms with Crippen molar-refractivity contribution in [2.24, 2.45) is 23.2 Å². The molecule has 2 N–H and O–H groups in total. The van der Waals surface area contributed by atoms with Crippen LogP contribution in [0.3, 0.4) is 0 Å². The number of ketones is 1. The van der Waals surface area contributed by atoms with Crippen LogP contribution in [0.5, 0.6) is 5.75 Å². The van der Waals surface area contributed by atoms with Gasteiger partial charge >= 0.3 is 17.8 Å². The van der Waals surface area contributed by atoms with Crippen molar-refractivity contribution in [3.63, 3.8) is 0 Å². The molecule has 2 atom stereocenters. The van der Waals surface area contributed by atoms with E-state index in [1.165, 1.54) is 5.56 Å². The second kappa shape index (κ2) is 18.0. The number of benzene rings is 3. The molecule has 1 heterocycles. The number of nitrogens with one attached hydrogen (secondary N) is 2. The smallest absolute Gasteiger partial charge is 0.333 e. The average Bonchev–Trinajstić information content (AvgIpc) is 3.45. The van der Waals surface area contributed by atoms with Gasteiger partial charge in [0, 0.05) is 29.7 Å². The number of ether oxygens (including phenoxy) is 2. The van der Waals surface area contributed by atoms with Crippen LogP contribution < -0.4 is 15.4 Å². The summed E-state index contributed by atoms with van der Waals surface area (Å²) in [6, 6.07) is 22.8. The molecule has 3 aromatic rings. The highest BCUT2D eigenvalue weighted by Crippen LogP contribution is 2.62. The summed E-state index contributed by atoms with van der Waals surface area (Å²) in [5.41, 5.74) is 2.11. The van der Waals surface area contributed by atoms with E-state index in [4.69, 9.17) is 21.1 Å². The lowest BCUT2D eigenvalue weighted by atomic mass is 9.48. The minimum atomic E-state index is -2.81. The third kappa shape index (κ3) is 8.76. The quantitative estimate of drug-likeness (QED) is 0.0306. The number of halogens is 1. The second-order valence-corrected chi connectivity index (χ2v) is 20.3. The molecule has 3 aromatic carbocycles. The third-order valence-electron chi connectivity index (χ3n) is 14.7. The number of nitrogens with zero attached hydrogens (tertiary/aromatic N) is 2. The molecule has 5 fully saturated rings. The molecule has 8 rings (SSSR count). The molecule has 4 aliphatic carbocycles. The molecule has 5 amide bonds. The van der Waals surface area contributed by atoms with Gasteiger partial charge in [-0.3, -0.25) is 24.1 Å². The van der Waals surface area contributed by atoms with Crippen LogP contribution in [0, 0.1) is 23.2 Å². The Morgan fingerprint density at radius 2 is 1.40 bits per heavy atom. The van der Waals surface area contributed by atoms with Crippen molar-refractivity contribution in [3.05, 3.63) is 95.6 Å². The van der Waals surface area contributed by atoms with E-state index in [0.29, 0.717) is 53.2 Å². The van der Waals surface area contributed by atoms with Crippen molar-refractivity contribution in [2.45, 2.75) is 141 Å². The minimum Gasteiger partial charge on any atom is -0.493 e. The van der Waals surface area contributed by atoms with Gasteiger partial charge in [0.2, 0.25) is 5.91 Å². The van der Waals surface area contributed by atoms with Crippen molar-refractivity contribution >= 4 is 46.8 Å². The first kappa shape index (κ1) is 46.3. The highest BCUT2D eigenvalue weighted by Gasteiger charge is 2.71. The number of imide groups is 1. The van der Waals surface area contributed by atoms with Crippen LogP contribution in [-0.2, 0) is 41.3 Å². The van der Waals surface area contributed by atoms with Gasteiger partial charge < -0.3 is 20.1 Å². The molecule has 2 unspecified atom stereocenters. The van der Waals surface area contributed by atoms with Crippen molar-refractivity contribution in [3.8, 4) is 5.75 Å². The second-order valence-electron chi connectivity index (χ2n) is 19.7. The van der Waals surface area contributed by atoms with Gasteiger partial charge in [0.05, 0.1) is 13.2 Å². The molecule has 0 aromatic heterocycles. The maximum Gasteiger partial charge on any atom is 0.333 e. The van der Waals surface area contributed by atoms with E-state index in [0.717, 1.165) is 48.3 Å². The summed E-state index contributed by atoms with van der Waals surface area (Å²) in [4.78, 5) is 73.8. The zero-order chi connectivity index (χ0) is 45.4. The van der Waals surface area contributed by atoms with Gasteiger partial charge in [-0.05, 0) is 123 Å². The lowest BCUT2D eigenvalue weighted by Gasteiger charge is -2.57. The van der Waals surface area contributed by atoms with E-state index >= 15 is 14.4 Å². The van der Waals surface area contributed by atoms with Crippen LogP contribution in [0.25, 0.3) is 0 Å². The van der Waals surface area contributed by atoms with Gasteiger partial charge in [-0.2, -0.15) is 0 Å². The number of carbonyl (C=O) groups excluding carboxylic acids is 5. The van der Waals surface area contributed by atoms with Crippen LogP contribution in [0.1, 0.15) is 129 Å². The predicted molar refractivity (Wildman–Crippen MR) is 244 cm³/mol. The minimum absolute atomic E-state index is 0.00827. The highest BCUT2D eigenvalue weighted by molar-refractivity contribution is 6.50.